The molecule has 0 spiro atoms. The zero-order valence-corrected chi connectivity index (χ0v) is 18.7. The van der Waals surface area contributed by atoms with E-state index in [1.54, 1.807) is 24.3 Å². The summed E-state index contributed by atoms with van der Waals surface area (Å²) in [5.74, 6) is -1.07. The lowest BCUT2D eigenvalue weighted by Gasteiger charge is -2.30. The second kappa shape index (κ2) is 11.8. The molecule has 2 aromatic rings. The van der Waals surface area contributed by atoms with Crippen LogP contribution < -0.4 is 16.4 Å². The number of nitrogens with zero attached hydrogens (tertiary/aromatic N) is 1. The fourth-order valence-corrected chi connectivity index (χ4v) is 3.59. The third-order valence-corrected chi connectivity index (χ3v) is 5.05. The van der Waals surface area contributed by atoms with E-state index in [4.69, 9.17) is 22.7 Å². The summed E-state index contributed by atoms with van der Waals surface area (Å²) >= 11 is 6.08. The highest BCUT2D eigenvalue weighted by atomic mass is 35.5. The predicted octanol–water partition coefficient (Wildman–Crippen LogP) is 3.85. The van der Waals surface area contributed by atoms with E-state index in [2.05, 4.69) is 10.6 Å². The van der Waals surface area contributed by atoms with Crippen LogP contribution in [0.5, 0.6) is 0 Å². The number of benzene rings is 2. The summed E-state index contributed by atoms with van der Waals surface area (Å²) in [4.78, 5) is 25.3. The van der Waals surface area contributed by atoms with Gasteiger partial charge >= 0.3 is 0 Å². The highest BCUT2D eigenvalue weighted by Gasteiger charge is 2.33. The molecule has 0 fully saturated rings. The monoisotopic (exact) mass is 451 g/mol. The van der Waals surface area contributed by atoms with Crippen LogP contribution in [0.4, 0.5) is 5.69 Å². The van der Waals surface area contributed by atoms with Crippen molar-refractivity contribution in [3.05, 3.63) is 76.0 Å². The first-order valence-corrected chi connectivity index (χ1v) is 10.4. The molecule has 0 aromatic heterocycles. The fraction of sp³-hybridized carbons (Fsp3) is 0.250. The maximum atomic E-state index is 13.6. The molecule has 0 aliphatic carbocycles. The Bertz CT molecular complexity index is 1060. The Labute approximate surface area is 192 Å². The van der Waals surface area contributed by atoms with E-state index in [0.717, 1.165) is 6.21 Å². The van der Waals surface area contributed by atoms with Gasteiger partial charge in [-0.15, -0.1) is 0 Å². The minimum absolute atomic E-state index is 0.262. The maximum Gasteiger partial charge on any atom is 0.233 e. The molecule has 0 saturated carbocycles. The van der Waals surface area contributed by atoms with E-state index in [0.29, 0.717) is 45.8 Å². The van der Waals surface area contributed by atoms with Crippen molar-refractivity contribution in [2.24, 2.45) is 11.7 Å². The minimum atomic E-state index is -0.893. The first-order chi connectivity index (χ1) is 15.3. The molecule has 0 saturated heterocycles. The summed E-state index contributed by atoms with van der Waals surface area (Å²) in [6.45, 7) is 4.59. The highest BCUT2D eigenvalue weighted by molar-refractivity contribution is 6.31. The van der Waals surface area contributed by atoms with Gasteiger partial charge in [0.05, 0.1) is 23.6 Å². The van der Waals surface area contributed by atoms with E-state index in [-0.39, 0.29) is 5.92 Å². The van der Waals surface area contributed by atoms with Gasteiger partial charge in [0.25, 0.3) is 0 Å². The number of nitrogens with two attached hydrogens (primary N) is 1. The zero-order chi connectivity index (χ0) is 23.7. The number of rotatable bonds is 10. The van der Waals surface area contributed by atoms with Gasteiger partial charge in [-0.25, -0.2) is 0 Å². The molecule has 32 heavy (non-hydrogen) atoms. The van der Waals surface area contributed by atoms with Gasteiger partial charge in [0, 0.05) is 34.3 Å². The zero-order valence-electron chi connectivity index (χ0n) is 17.9. The van der Waals surface area contributed by atoms with Crippen LogP contribution in [0, 0.1) is 22.7 Å². The van der Waals surface area contributed by atoms with Crippen molar-refractivity contribution in [1.82, 2.24) is 5.32 Å². The van der Waals surface area contributed by atoms with Crippen LogP contribution in [-0.4, -0.2) is 31.0 Å². The Balaban J connectivity index is 2.59. The highest BCUT2D eigenvalue weighted by Crippen LogP contribution is 2.29. The summed E-state index contributed by atoms with van der Waals surface area (Å²) in [5.41, 5.74) is 7.67. The molecule has 8 heteroatoms. The van der Waals surface area contributed by atoms with E-state index in [1.807, 2.05) is 19.9 Å². The van der Waals surface area contributed by atoms with Crippen LogP contribution in [0.15, 0.2) is 54.2 Å². The molecule has 0 aliphatic heterocycles. The Morgan fingerprint density at radius 1 is 1.28 bits per heavy atom. The molecule has 0 heterocycles. The number of hydrogen-bond donors (Lipinski definition) is 4. The Kier molecular flexibility index (Phi) is 9.14. The number of nitrogens with one attached hydrogen (secondary N) is 3. The van der Waals surface area contributed by atoms with Gasteiger partial charge in [0.2, 0.25) is 5.91 Å². The number of halogens is 1. The van der Waals surface area contributed by atoms with Gasteiger partial charge in [0.15, 0.2) is 0 Å². The van der Waals surface area contributed by atoms with Crippen LogP contribution in [0.3, 0.4) is 0 Å². The molecule has 2 aromatic carbocycles. The Morgan fingerprint density at radius 3 is 2.59 bits per heavy atom. The minimum Gasteiger partial charge on any atom is -0.404 e. The average molecular weight is 452 g/mol. The summed E-state index contributed by atoms with van der Waals surface area (Å²) in [6.07, 6.45) is 3.06. The molecule has 2 atom stereocenters. The SMILES string of the molecule is CC(C)CN[C@@H](/C(C=N)=C/N)[C@H](C(=O)Nc1cc(Cl)cc(C#N)c1)c1ccccc1C=O. The van der Waals surface area contributed by atoms with Crippen molar-refractivity contribution in [2.75, 3.05) is 11.9 Å². The molecule has 0 bridgehead atoms. The number of carbonyl (C=O) groups is 2. The van der Waals surface area contributed by atoms with Crippen molar-refractivity contribution in [3.63, 3.8) is 0 Å². The number of hydrogen-bond acceptors (Lipinski definition) is 6. The first kappa shape index (κ1) is 24.8. The quantitative estimate of drug-likeness (QED) is 0.321. The Hall–Kier alpha value is -3.47. The van der Waals surface area contributed by atoms with Gasteiger partial charge < -0.3 is 21.8 Å². The van der Waals surface area contributed by atoms with Gasteiger partial charge in [-0.1, -0.05) is 49.7 Å². The third kappa shape index (κ3) is 6.27. The van der Waals surface area contributed by atoms with Crippen LogP contribution in [0.2, 0.25) is 5.02 Å². The van der Waals surface area contributed by atoms with Crippen molar-refractivity contribution < 1.29 is 9.59 Å². The van der Waals surface area contributed by atoms with E-state index < -0.39 is 17.9 Å². The molecule has 2 rings (SSSR count). The summed E-state index contributed by atoms with van der Waals surface area (Å²) in [7, 11) is 0. The smallest absolute Gasteiger partial charge is 0.233 e. The van der Waals surface area contributed by atoms with Crippen LogP contribution in [0.25, 0.3) is 0 Å². The molecule has 5 N–H and O–H groups in total. The molecular formula is C24H26ClN5O2. The van der Waals surface area contributed by atoms with Crippen molar-refractivity contribution in [3.8, 4) is 6.07 Å². The molecule has 166 valence electrons. The summed E-state index contributed by atoms with van der Waals surface area (Å²) in [6, 6.07) is 12.7. The number of anilines is 1. The molecule has 0 unspecified atom stereocenters. The van der Waals surface area contributed by atoms with Crippen LogP contribution in [-0.2, 0) is 4.79 Å². The van der Waals surface area contributed by atoms with Gasteiger partial charge in [0.1, 0.15) is 6.29 Å². The lowest BCUT2D eigenvalue weighted by Crippen LogP contribution is -2.44. The predicted molar refractivity (Wildman–Crippen MR) is 127 cm³/mol. The molecule has 0 aliphatic rings. The number of nitriles is 1. The summed E-state index contributed by atoms with van der Waals surface area (Å²) in [5, 5.41) is 23.4. The molecule has 1 amide bonds. The van der Waals surface area contributed by atoms with Crippen molar-refractivity contribution in [2.45, 2.75) is 25.8 Å². The first-order valence-electron chi connectivity index (χ1n) is 10.1. The van der Waals surface area contributed by atoms with Crippen molar-refractivity contribution in [1.29, 1.82) is 10.7 Å². The van der Waals surface area contributed by atoms with Gasteiger partial charge in [-0.2, -0.15) is 5.26 Å². The average Bonchev–Trinajstić information content (AvgIpc) is 2.77. The van der Waals surface area contributed by atoms with Gasteiger partial charge in [-0.3, -0.25) is 9.59 Å². The van der Waals surface area contributed by atoms with E-state index >= 15 is 0 Å². The van der Waals surface area contributed by atoms with Crippen LogP contribution in [0.1, 0.15) is 41.3 Å². The third-order valence-electron chi connectivity index (χ3n) is 4.83. The number of aldehydes is 1. The van der Waals surface area contributed by atoms with E-state index in [1.165, 1.54) is 24.4 Å². The molecular weight excluding hydrogens is 426 g/mol. The van der Waals surface area contributed by atoms with Crippen molar-refractivity contribution >= 4 is 35.7 Å². The largest absolute Gasteiger partial charge is 0.404 e. The van der Waals surface area contributed by atoms with Gasteiger partial charge in [-0.05, 0) is 36.2 Å². The van der Waals surface area contributed by atoms with Crippen LogP contribution >= 0.6 is 11.6 Å². The topological polar surface area (TPSA) is 132 Å². The van der Waals surface area contributed by atoms with E-state index in [9.17, 15) is 14.9 Å². The second-order valence-corrected chi connectivity index (χ2v) is 8.08. The fourth-order valence-electron chi connectivity index (χ4n) is 3.35. The standard InChI is InChI=1S/C24H26ClN5O2/c1-15(2)13-29-23(18(11-27)12-28)22(21-6-4-3-5-17(21)14-31)24(32)30-20-8-16(10-26)7-19(25)9-20/h3-9,11-12,14-15,22-23,27,29H,13,28H2,1-2H3,(H,30,32)/b18-12+,27-11?/t22-,23+/m1/s1. The molecule has 0 radical (unpaired) electrons. The second-order valence-electron chi connectivity index (χ2n) is 7.64. The summed E-state index contributed by atoms with van der Waals surface area (Å²) < 4.78 is 0. The molecule has 7 nitrogen and oxygen atoms in total. The lowest BCUT2D eigenvalue weighted by atomic mass is 9.83. The maximum absolute atomic E-state index is 13.6. The Morgan fingerprint density at radius 2 is 2.00 bits per heavy atom. The lowest BCUT2D eigenvalue weighted by molar-refractivity contribution is -0.118. The number of amides is 1. The number of carbonyl (C=O) groups excluding carboxylic acids is 2. The normalized spacial score (nSPS) is 13.2.